The molecule has 6 rings (SSSR count). The molecule has 0 amide bonds. The molecule has 1 saturated heterocycles. The average Bonchev–Trinajstić information content (AvgIpc) is 3.50. The molecule has 6 nitrogen and oxygen atoms in total. The number of thiophene rings is 1. The van der Waals surface area contributed by atoms with E-state index in [0.29, 0.717) is 16.7 Å². The number of ether oxygens (including phenoxy) is 1. The first-order valence-electron chi connectivity index (χ1n) is 13.1. The highest BCUT2D eigenvalue weighted by atomic mass is 35.5. The molecule has 0 bridgehead atoms. The number of halogens is 2. The standard InChI is InChI=1S/C29H30ClFN4O2S/c30-24-14-21(5-7-25(24)37-16-19-2-1-3-20(31)12-19)34-28-27-23-6-4-18(8-10-35-11-9-22(36)15-35)13-26(23)38-29(27)33-17-32-28/h1-3,5,7,12,14,17-18,22,36H,4,6,8-11,13,15-16H2,(H,32,33,34)/t18?,22-/m0/s1. The van der Waals surface area contributed by atoms with Gasteiger partial charge in [0.15, 0.2) is 0 Å². The van der Waals surface area contributed by atoms with Gasteiger partial charge in [-0.3, -0.25) is 0 Å². The maximum atomic E-state index is 13.4. The largest absolute Gasteiger partial charge is 0.487 e. The normalized spacial score (nSPS) is 19.6. The molecule has 198 valence electrons. The van der Waals surface area contributed by atoms with E-state index in [-0.39, 0.29) is 18.5 Å². The second-order valence-electron chi connectivity index (χ2n) is 10.2. The predicted octanol–water partition coefficient (Wildman–Crippen LogP) is 6.37. The van der Waals surface area contributed by atoms with Crippen LogP contribution in [0.15, 0.2) is 48.8 Å². The highest BCUT2D eigenvalue weighted by molar-refractivity contribution is 7.19. The summed E-state index contributed by atoms with van der Waals surface area (Å²) in [6, 6.07) is 11.9. The van der Waals surface area contributed by atoms with Gasteiger partial charge in [-0.25, -0.2) is 14.4 Å². The smallest absolute Gasteiger partial charge is 0.142 e. The van der Waals surface area contributed by atoms with Crippen molar-refractivity contribution in [2.75, 3.05) is 25.0 Å². The van der Waals surface area contributed by atoms with E-state index in [0.717, 1.165) is 72.6 Å². The second-order valence-corrected chi connectivity index (χ2v) is 11.7. The van der Waals surface area contributed by atoms with Gasteiger partial charge < -0.3 is 20.1 Å². The summed E-state index contributed by atoms with van der Waals surface area (Å²) >= 11 is 8.30. The van der Waals surface area contributed by atoms with E-state index in [9.17, 15) is 9.50 Å². The van der Waals surface area contributed by atoms with Crippen LogP contribution in [0.2, 0.25) is 5.02 Å². The van der Waals surface area contributed by atoms with Gasteiger partial charge in [0, 0.05) is 23.7 Å². The lowest BCUT2D eigenvalue weighted by molar-refractivity contribution is 0.173. The molecule has 2 aromatic heterocycles. The quantitative estimate of drug-likeness (QED) is 0.265. The van der Waals surface area contributed by atoms with Crippen molar-refractivity contribution in [1.29, 1.82) is 0 Å². The van der Waals surface area contributed by atoms with Crippen molar-refractivity contribution >= 4 is 44.7 Å². The molecule has 9 heteroatoms. The molecule has 38 heavy (non-hydrogen) atoms. The first kappa shape index (κ1) is 25.5. The molecule has 1 aliphatic heterocycles. The van der Waals surface area contributed by atoms with Crippen LogP contribution in [0.4, 0.5) is 15.9 Å². The number of aliphatic hydroxyl groups is 1. The molecule has 1 aliphatic carbocycles. The maximum absolute atomic E-state index is 13.4. The van der Waals surface area contributed by atoms with Crippen molar-refractivity contribution in [2.45, 2.75) is 44.8 Å². The lowest BCUT2D eigenvalue weighted by Crippen LogP contribution is -2.26. The Bertz CT molecular complexity index is 1450. The number of β-amino-alcohol motifs (C(OH)–C–C–N with tert-alkyl or cyclic N) is 1. The third kappa shape index (κ3) is 5.64. The number of aliphatic hydroxyl groups excluding tert-OH is 1. The topological polar surface area (TPSA) is 70.5 Å². The summed E-state index contributed by atoms with van der Waals surface area (Å²) in [4.78, 5) is 14.0. The number of hydrogen-bond acceptors (Lipinski definition) is 7. The molecule has 1 fully saturated rings. The number of aromatic nitrogens is 2. The van der Waals surface area contributed by atoms with Crippen LogP contribution in [0.5, 0.6) is 5.75 Å². The van der Waals surface area contributed by atoms with Crippen LogP contribution in [0.3, 0.4) is 0 Å². The average molecular weight is 553 g/mol. The lowest BCUT2D eigenvalue weighted by atomic mass is 9.85. The van der Waals surface area contributed by atoms with E-state index < -0.39 is 0 Å². The monoisotopic (exact) mass is 552 g/mol. The molecule has 2 N–H and O–H groups in total. The van der Waals surface area contributed by atoms with Gasteiger partial charge in [0.2, 0.25) is 0 Å². The number of fused-ring (bicyclic) bond motifs is 3. The van der Waals surface area contributed by atoms with E-state index in [4.69, 9.17) is 16.3 Å². The molecule has 0 radical (unpaired) electrons. The van der Waals surface area contributed by atoms with Crippen LogP contribution in [0, 0.1) is 11.7 Å². The third-order valence-electron chi connectivity index (χ3n) is 7.53. The van der Waals surface area contributed by atoms with E-state index in [1.165, 1.54) is 29.0 Å². The fourth-order valence-corrected chi connectivity index (χ4v) is 7.06. The minimum absolute atomic E-state index is 0.154. The van der Waals surface area contributed by atoms with Crippen molar-refractivity contribution in [3.63, 3.8) is 0 Å². The van der Waals surface area contributed by atoms with Crippen molar-refractivity contribution in [3.8, 4) is 5.75 Å². The Kier molecular flexibility index (Phi) is 7.48. The number of benzene rings is 2. The predicted molar refractivity (Wildman–Crippen MR) is 150 cm³/mol. The summed E-state index contributed by atoms with van der Waals surface area (Å²) < 4.78 is 19.3. The van der Waals surface area contributed by atoms with E-state index in [1.54, 1.807) is 23.7 Å². The highest BCUT2D eigenvalue weighted by Gasteiger charge is 2.27. The Hall–Kier alpha value is -2.78. The molecule has 1 unspecified atom stereocenters. The number of likely N-dealkylation sites (tertiary alicyclic amines) is 1. The van der Waals surface area contributed by atoms with Gasteiger partial charge in [0.05, 0.1) is 16.5 Å². The Morgan fingerprint density at radius 1 is 1.18 bits per heavy atom. The van der Waals surface area contributed by atoms with Gasteiger partial charge in [-0.05, 0) is 86.0 Å². The molecule has 0 spiro atoms. The van der Waals surface area contributed by atoms with Crippen molar-refractivity contribution in [3.05, 3.63) is 75.6 Å². The Morgan fingerprint density at radius 3 is 2.92 bits per heavy atom. The van der Waals surface area contributed by atoms with Crippen LogP contribution in [-0.4, -0.2) is 45.7 Å². The van der Waals surface area contributed by atoms with Crippen molar-refractivity contribution in [1.82, 2.24) is 14.9 Å². The summed E-state index contributed by atoms with van der Waals surface area (Å²) in [5, 5.41) is 14.8. The van der Waals surface area contributed by atoms with Gasteiger partial charge in [-0.15, -0.1) is 11.3 Å². The van der Waals surface area contributed by atoms with Gasteiger partial charge in [0.1, 0.15) is 35.1 Å². The van der Waals surface area contributed by atoms with Gasteiger partial charge >= 0.3 is 0 Å². The van der Waals surface area contributed by atoms with Crippen molar-refractivity contribution in [2.24, 2.45) is 5.92 Å². The van der Waals surface area contributed by atoms with Crippen LogP contribution in [-0.2, 0) is 19.4 Å². The molecule has 2 aromatic carbocycles. The summed E-state index contributed by atoms with van der Waals surface area (Å²) in [5.41, 5.74) is 2.92. The molecular formula is C29H30ClFN4O2S. The van der Waals surface area contributed by atoms with Gasteiger partial charge in [-0.2, -0.15) is 0 Å². The van der Waals surface area contributed by atoms with Gasteiger partial charge in [-0.1, -0.05) is 23.7 Å². The number of nitrogens with zero attached hydrogens (tertiary/aromatic N) is 3. The first-order valence-corrected chi connectivity index (χ1v) is 14.3. The summed E-state index contributed by atoms with van der Waals surface area (Å²) in [6.45, 7) is 3.13. The highest BCUT2D eigenvalue weighted by Crippen LogP contribution is 2.41. The maximum Gasteiger partial charge on any atom is 0.142 e. The fourth-order valence-electron chi connectivity index (χ4n) is 5.52. The second kappa shape index (κ2) is 11.1. The van der Waals surface area contributed by atoms with E-state index in [2.05, 4.69) is 20.2 Å². The number of anilines is 2. The van der Waals surface area contributed by atoms with Gasteiger partial charge in [0.25, 0.3) is 0 Å². The molecule has 2 atom stereocenters. The Morgan fingerprint density at radius 2 is 2.11 bits per heavy atom. The first-order chi connectivity index (χ1) is 18.5. The number of nitrogens with one attached hydrogen (secondary N) is 1. The minimum atomic E-state index is -0.290. The van der Waals surface area contributed by atoms with Crippen LogP contribution >= 0.6 is 22.9 Å². The molecule has 2 aliphatic rings. The number of hydrogen-bond donors (Lipinski definition) is 2. The zero-order valence-electron chi connectivity index (χ0n) is 21.0. The SMILES string of the molecule is O[C@H]1CCN(CCC2CCc3c(sc4ncnc(Nc5ccc(OCc6cccc(F)c6)c(Cl)c5)c34)C2)C1. The van der Waals surface area contributed by atoms with Crippen molar-refractivity contribution < 1.29 is 14.2 Å². The molecular weight excluding hydrogens is 523 g/mol. The summed E-state index contributed by atoms with van der Waals surface area (Å²) in [7, 11) is 0. The molecule has 0 saturated carbocycles. The fraction of sp³-hybridized carbons (Fsp3) is 0.379. The minimum Gasteiger partial charge on any atom is -0.487 e. The number of aryl methyl sites for hydroxylation is 1. The summed E-state index contributed by atoms with van der Waals surface area (Å²) in [5.74, 6) is 1.71. The lowest BCUT2D eigenvalue weighted by Gasteiger charge is -2.25. The zero-order chi connectivity index (χ0) is 26.1. The van der Waals surface area contributed by atoms with E-state index in [1.807, 2.05) is 24.3 Å². The van der Waals surface area contributed by atoms with Crippen LogP contribution in [0.25, 0.3) is 10.2 Å². The zero-order valence-corrected chi connectivity index (χ0v) is 22.6. The summed E-state index contributed by atoms with van der Waals surface area (Å²) in [6.07, 6.45) is 6.79. The molecule has 4 aromatic rings. The molecule has 3 heterocycles. The van der Waals surface area contributed by atoms with Crippen LogP contribution in [0.1, 0.15) is 35.3 Å². The van der Waals surface area contributed by atoms with E-state index >= 15 is 0 Å². The Labute approximate surface area is 230 Å². The number of rotatable bonds is 8. The van der Waals surface area contributed by atoms with Crippen LogP contribution < -0.4 is 10.1 Å². The third-order valence-corrected chi connectivity index (χ3v) is 8.98. The Balaban J connectivity index is 1.14.